The van der Waals surface area contributed by atoms with Gasteiger partial charge in [0.15, 0.2) is 0 Å². The lowest BCUT2D eigenvalue weighted by Gasteiger charge is -2.35. The topological polar surface area (TPSA) is 86.8 Å². The molecule has 0 fully saturated rings. The van der Waals surface area contributed by atoms with Crippen molar-refractivity contribution in [2.75, 3.05) is 10.8 Å². The highest BCUT2D eigenvalue weighted by Crippen LogP contribution is 2.31. The molecular weight excluding hydrogens is 569 g/mol. The molecule has 0 spiro atoms. The number of anilines is 1. The molecule has 1 atom stereocenters. The summed E-state index contributed by atoms with van der Waals surface area (Å²) in [6.07, 6.45) is 0.322. The van der Waals surface area contributed by atoms with Gasteiger partial charge in [0.2, 0.25) is 11.8 Å². The Bertz CT molecular complexity index is 1440. The van der Waals surface area contributed by atoms with E-state index < -0.39 is 34.1 Å². The van der Waals surface area contributed by atoms with E-state index >= 15 is 0 Å². The third-order valence-corrected chi connectivity index (χ3v) is 8.70. The van der Waals surface area contributed by atoms with Crippen LogP contribution in [0.15, 0.2) is 77.7 Å². The summed E-state index contributed by atoms with van der Waals surface area (Å²) in [6, 6.07) is 18.9. The smallest absolute Gasteiger partial charge is 0.264 e. The summed E-state index contributed by atoms with van der Waals surface area (Å²) in [5.41, 5.74) is 1.01. The van der Waals surface area contributed by atoms with Crippen molar-refractivity contribution >= 4 is 50.7 Å². The van der Waals surface area contributed by atoms with Crippen molar-refractivity contribution < 1.29 is 18.0 Å². The molecule has 0 radical (unpaired) electrons. The van der Waals surface area contributed by atoms with Gasteiger partial charge in [0.1, 0.15) is 12.6 Å². The van der Waals surface area contributed by atoms with Crippen LogP contribution in [0.5, 0.6) is 0 Å². The van der Waals surface area contributed by atoms with Gasteiger partial charge < -0.3 is 10.2 Å². The number of amides is 2. The maximum absolute atomic E-state index is 14.1. The molecule has 10 heteroatoms. The van der Waals surface area contributed by atoms with Gasteiger partial charge in [-0.15, -0.1) is 0 Å². The molecule has 0 aliphatic rings. The predicted molar refractivity (Wildman–Crippen MR) is 161 cm³/mol. The molecule has 0 aromatic heterocycles. The number of hydrogen-bond donors (Lipinski definition) is 1. The maximum Gasteiger partial charge on any atom is 0.264 e. The molecule has 214 valence electrons. The molecule has 0 saturated carbocycles. The van der Waals surface area contributed by atoms with E-state index in [1.165, 1.54) is 17.0 Å². The van der Waals surface area contributed by atoms with Crippen LogP contribution < -0.4 is 9.62 Å². The van der Waals surface area contributed by atoms with E-state index in [4.69, 9.17) is 23.2 Å². The van der Waals surface area contributed by atoms with Crippen molar-refractivity contribution in [3.8, 4) is 0 Å². The SMILES string of the molecule is CC[C@@H](C(=O)NC(C)(C)C)N(Cc1ccc(Cl)cc1)C(=O)CN(c1cccc(Cl)c1C)S(=O)(=O)c1ccccc1. The fourth-order valence-electron chi connectivity index (χ4n) is 4.26. The Morgan fingerprint density at radius 3 is 2.12 bits per heavy atom. The molecule has 1 N–H and O–H groups in total. The molecule has 3 rings (SSSR count). The molecule has 0 bridgehead atoms. The van der Waals surface area contributed by atoms with Crippen LogP contribution in [0.3, 0.4) is 0 Å². The molecular formula is C30H35Cl2N3O4S. The third kappa shape index (κ3) is 7.77. The molecule has 0 unspecified atom stereocenters. The van der Waals surface area contributed by atoms with Gasteiger partial charge >= 0.3 is 0 Å². The average molecular weight is 605 g/mol. The lowest BCUT2D eigenvalue weighted by molar-refractivity contribution is -0.141. The monoisotopic (exact) mass is 603 g/mol. The maximum atomic E-state index is 14.1. The Morgan fingerprint density at radius 1 is 0.925 bits per heavy atom. The van der Waals surface area contributed by atoms with Gasteiger partial charge in [-0.2, -0.15) is 0 Å². The van der Waals surface area contributed by atoms with Crippen LogP contribution in [-0.4, -0.2) is 43.3 Å². The van der Waals surface area contributed by atoms with Crippen molar-refractivity contribution in [2.45, 2.75) is 64.1 Å². The van der Waals surface area contributed by atoms with Crippen molar-refractivity contribution in [1.82, 2.24) is 10.2 Å². The first-order valence-corrected chi connectivity index (χ1v) is 15.1. The van der Waals surface area contributed by atoms with Crippen LogP contribution in [-0.2, 0) is 26.2 Å². The van der Waals surface area contributed by atoms with Gasteiger partial charge in [0.05, 0.1) is 10.6 Å². The van der Waals surface area contributed by atoms with E-state index in [1.807, 2.05) is 27.7 Å². The zero-order valence-electron chi connectivity index (χ0n) is 23.3. The highest BCUT2D eigenvalue weighted by atomic mass is 35.5. The van der Waals surface area contributed by atoms with Crippen LogP contribution in [0, 0.1) is 6.92 Å². The van der Waals surface area contributed by atoms with Gasteiger partial charge in [-0.25, -0.2) is 8.42 Å². The lowest BCUT2D eigenvalue weighted by Crippen LogP contribution is -2.55. The van der Waals surface area contributed by atoms with Gasteiger partial charge in [0, 0.05) is 22.1 Å². The van der Waals surface area contributed by atoms with Gasteiger partial charge in [-0.3, -0.25) is 13.9 Å². The number of nitrogens with zero attached hydrogens (tertiary/aromatic N) is 2. The highest BCUT2D eigenvalue weighted by Gasteiger charge is 2.35. The van der Waals surface area contributed by atoms with Crippen molar-refractivity contribution in [2.24, 2.45) is 0 Å². The first kappa shape index (κ1) is 31.5. The second-order valence-corrected chi connectivity index (χ2v) is 13.2. The zero-order valence-corrected chi connectivity index (χ0v) is 25.6. The second kappa shape index (κ2) is 13.1. The first-order valence-electron chi connectivity index (χ1n) is 12.9. The minimum atomic E-state index is -4.17. The predicted octanol–water partition coefficient (Wildman–Crippen LogP) is 6.22. The summed E-state index contributed by atoms with van der Waals surface area (Å²) in [7, 11) is -4.17. The Kier molecular flexibility index (Phi) is 10.3. The van der Waals surface area contributed by atoms with Crippen LogP contribution in [0.2, 0.25) is 10.0 Å². The Labute approximate surface area is 247 Å². The molecule has 3 aromatic carbocycles. The third-order valence-electron chi connectivity index (χ3n) is 6.27. The number of hydrogen-bond acceptors (Lipinski definition) is 4. The number of carbonyl (C=O) groups excluding carboxylic acids is 2. The van der Waals surface area contributed by atoms with Gasteiger partial charge in [0.25, 0.3) is 10.0 Å². The van der Waals surface area contributed by atoms with Crippen LogP contribution in [0.25, 0.3) is 0 Å². The molecule has 0 aliphatic heterocycles. The molecule has 0 saturated heterocycles. The van der Waals surface area contributed by atoms with E-state index in [1.54, 1.807) is 67.6 Å². The van der Waals surface area contributed by atoms with E-state index in [9.17, 15) is 18.0 Å². The molecule has 2 amide bonds. The molecule has 0 aliphatic carbocycles. The fourth-order valence-corrected chi connectivity index (χ4v) is 6.05. The van der Waals surface area contributed by atoms with Crippen molar-refractivity contribution in [1.29, 1.82) is 0 Å². The summed E-state index contributed by atoms with van der Waals surface area (Å²) in [5.74, 6) is -0.863. The quantitative estimate of drug-likeness (QED) is 0.298. The molecule has 0 heterocycles. The van der Waals surface area contributed by atoms with E-state index in [0.717, 1.165) is 9.87 Å². The number of carbonyl (C=O) groups is 2. The minimum absolute atomic E-state index is 0.0314. The van der Waals surface area contributed by atoms with Gasteiger partial charge in [-0.1, -0.05) is 66.5 Å². The Hall–Kier alpha value is -3.07. The molecule has 7 nitrogen and oxygen atoms in total. The second-order valence-electron chi connectivity index (χ2n) is 10.5. The van der Waals surface area contributed by atoms with Crippen LogP contribution >= 0.6 is 23.2 Å². The zero-order chi connectivity index (χ0) is 29.7. The first-order chi connectivity index (χ1) is 18.7. The van der Waals surface area contributed by atoms with E-state index in [0.29, 0.717) is 22.0 Å². The minimum Gasteiger partial charge on any atom is -0.350 e. The summed E-state index contributed by atoms with van der Waals surface area (Å²) in [4.78, 5) is 29.0. The summed E-state index contributed by atoms with van der Waals surface area (Å²) in [6.45, 7) is 8.64. The Morgan fingerprint density at radius 2 is 1.55 bits per heavy atom. The lowest BCUT2D eigenvalue weighted by atomic mass is 10.1. The van der Waals surface area contributed by atoms with Crippen LogP contribution in [0.4, 0.5) is 5.69 Å². The number of sulfonamides is 1. The number of benzene rings is 3. The summed E-state index contributed by atoms with van der Waals surface area (Å²) < 4.78 is 28.9. The van der Waals surface area contributed by atoms with E-state index in [-0.39, 0.29) is 23.0 Å². The normalized spacial score (nSPS) is 12.5. The average Bonchev–Trinajstić information content (AvgIpc) is 2.89. The van der Waals surface area contributed by atoms with Gasteiger partial charge in [-0.05, 0) is 81.6 Å². The van der Waals surface area contributed by atoms with E-state index in [2.05, 4.69) is 5.32 Å². The number of halogens is 2. The fraction of sp³-hybridized carbons (Fsp3) is 0.333. The summed E-state index contributed by atoms with van der Waals surface area (Å²) in [5, 5.41) is 3.86. The highest BCUT2D eigenvalue weighted by molar-refractivity contribution is 7.92. The van der Waals surface area contributed by atoms with Crippen LogP contribution in [0.1, 0.15) is 45.2 Å². The Balaban J connectivity index is 2.10. The molecule has 40 heavy (non-hydrogen) atoms. The molecule has 3 aromatic rings. The van der Waals surface area contributed by atoms with Crippen molar-refractivity contribution in [3.63, 3.8) is 0 Å². The summed E-state index contributed by atoms with van der Waals surface area (Å²) >= 11 is 12.4. The number of nitrogens with one attached hydrogen (secondary N) is 1. The standard InChI is InChI=1S/C30H35Cl2N3O4S/c1-6-26(29(37)33-30(3,4)5)34(19-22-15-17-23(31)18-16-22)28(36)20-35(27-14-10-13-25(32)21(27)2)40(38,39)24-11-8-7-9-12-24/h7-18,26H,6,19-20H2,1-5H3,(H,33,37)/t26-/m0/s1. The van der Waals surface area contributed by atoms with Crippen molar-refractivity contribution in [3.05, 3.63) is 94.0 Å². The largest absolute Gasteiger partial charge is 0.350 e. The number of rotatable bonds is 10.